The lowest BCUT2D eigenvalue weighted by molar-refractivity contribution is 0.0827. The van der Waals surface area contributed by atoms with Gasteiger partial charge in [-0.2, -0.15) is 0 Å². The monoisotopic (exact) mass is 388 g/mol. The van der Waals surface area contributed by atoms with E-state index in [1.54, 1.807) is 25.1 Å². The number of aryl methyl sites for hydroxylation is 2. The first-order valence-electron chi connectivity index (χ1n) is 9.04. The second-order valence-electron chi connectivity index (χ2n) is 6.99. The second kappa shape index (κ2) is 8.23. The number of rotatable bonds is 3. The van der Waals surface area contributed by atoms with Gasteiger partial charge in [0.1, 0.15) is 11.6 Å². The van der Waals surface area contributed by atoms with Crippen LogP contribution < -0.4 is 4.90 Å². The van der Waals surface area contributed by atoms with Crippen LogP contribution in [0.15, 0.2) is 24.3 Å². The van der Waals surface area contributed by atoms with E-state index in [1.165, 1.54) is 0 Å². The molecule has 0 spiro atoms. The standard InChI is InChI=1S/C20H25ClN4O2/c1-13-10-19(23-14(2)22-13)25-8-5-9-27-12-18(25)16-7-6-15(11-17(16)21)20(26)24(3)4/h6-7,10-11,18H,5,8-9,12H2,1-4H3/t18-/m0/s1. The molecule has 1 atom stereocenters. The van der Waals surface area contributed by atoms with Crippen LogP contribution in [-0.2, 0) is 4.74 Å². The Morgan fingerprint density at radius 2 is 2.04 bits per heavy atom. The summed E-state index contributed by atoms with van der Waals surface area (Å²) in [6, 6.07) is 7.40. The van der Waals surface area contributed by atoms with Crippen LogP contribution in [0, 0.1) is 13.8 Å². The molecule has 1 fully saturated rings. The first-order chi connectivity index (χ1) is 12.9. The van der Waals surface area contributed by atoms with Gasteiger partial charge in [-0.1, -0.05) is 17.7 Å². The molecule has 1 amide bonds. The van der Waals surface area contributed by atoms with Crippen molar-refractivity contribution in [1.82, 2.24) is 14.9 Å². The van der Waals surface area contributed by atoms with Gasteiger partial charge >= 0.3 is 0 Å². The topological polar surface area (TPSA) is 58.6 Å². The van der Waals surface area contributed by atoms with Crippen molar-refractivity contribution in [2.24, 2.45) is 0 Å². The first kappa shape index (κ1) is 19.6. The minimum Gasteiger partial charge on any atom is -0.379 e. The Morgan fingerprint density at radius 1 is 1.26 bits per heavy atom. The zero-order chi connectivity index (χ0) is 19.6. The van der Waals surface area contributed by atoms with Crippen molar-refractivity contribution in [3.8, 4) is 0 Å². The van der Waals surface area contributed by atoms with Gasteiger partial charge in [-0.25, -0.2) is 9.97 Å². The van der Waals surface area contributed by atoms with Gasteiger partial charge in [0.05, 0.1) is 12.6 Å². The maximum absolute atomic E-state index is 12.2. The molecule has 144 valence electrons. The lowest BCUT2D eigenvalue weighted by atomic mass is 10.0. The molecule has 0 saturated carbocycles. The van der Waals surface area contributed by atoms with E-state index in [0.29, 0.717) is 23.8 Å². The van der Waals surface area contributed by atoms with E-state index in [0.717, 1.165) is 35.9 Å². The van der Waals surface area contributed by atoms with E-state index >= 15 is 0 Å². The molecule has 1 aliphatic heterocycles. The largest absolute Gasteiger partial charge is 0.379 e. The van der Waals surface area contributed by atoms with E-state index in [1.807, 2.05) is 32.0 Å². The predicted octanol–water partition coefficient (Wildman–Crippen LogP) is 3.42. The molecule has 0 N–H and O–H groups in total. The zero-order valence-electron chi connectivity index (χ0n) is 16.2. The third-order valence-electron chi connectivity index (χ3n) is 4.60. The number of anilines is 1. The molecule has 1 saturated heterocycles. The molecule has 0 unspecified atom stereocenters. The molecule has 3 rings (SSSR count). The molecule has 2 aromatic rings. The van der Waals surface area contributed by atoms with Gasteiger partial charge in [-0.15, -0.1) is 0 Å². The molecule has 7 heteroatoms. The van der Waals surface area contributed by atoms with E-state index < -0.39 is 0 Å². The van der Waals surface area contributed by atoms with Gasteiger partial charge in [0.2, 0.25) is 0 Å². The summed E-state index contributed by atoms with van der Waals surface area (Å²) in [6.07, 6.45) is 0.910. The van der Waals surface area contributed by atoms with Gasteiger partial charge in [-0.05, 0) is 38.0 Å². The van der Waals surface area contributed by atoms with Crippen LogP contribution >= 0.6 is 11.6 Å². The highest BCUT2D eigenvalue weighted by Crippen LogP contribution is 2.33. The SMILES string of the molecule is Cc1cc(N2CCCOC[C@H]2c2ccc(C(=O)N(C)C)cc2Cl)nc(C)n1. The highest BCUT2D eigenvalue weighted by molar-refractivity contribution is 6.31. The molecule has 2 heterocycles. The Morgan fingerprint density at radius 3 is 2.70 bits per heavy atom. The van der Waals surface area contributed by atoms with Crippen molar-refractivity contribution >= 4 is 23.3 Å². The van der Waals surface area contributed by atoms with Crippen molar-refractivity contribution < 1.29 is 9.53 Å². The number of benzene rings is 1. The quantitative estimate of drug-likeness (QED) is 0.806. The summed E-state index contributed by atoms with van der Waals surface area (Å²) in [5, 5.41) is 0.561. The number of hydrogen-bond donors (Lipinski definition) is 0. The summed E-state index contributed by atoms with van der Waals surface area (Å²) in [4.78, 5) is 25.0. The van der Waals surface area contributed by atoms with Crippen LogP contribution in [0.25, 0.3) is 0 Å². The number of halogens is 1. The van der Waals surface area contributed by atoms with Gasteiger partial charge in [0.15, 0.2) is 0 Å². The highest BCUT2D eigenvalue weighted by atomic mass is 35.5. The third kappa shape index (κ3) is 4.39. The summed E-state index contributed by atoms with van der Waals surface area (Å²) >= 11 is 6.59. The van der Waals surface area contributed by atoms with Crippen LogP contribution in [0.5, 0.6) is 0 Å². The van der Waals surface area contributed by atoms with Crippen LogP contribution in [0.1, 0.15) is 39.9 Å². The van der Waals surface area contributed by atoms with Gasteiger partial charge in [0, 0.05) is 49.6 Å². The average Bonchev–Trinajstić information content (AvgIpc) is 2.86. The number of hydrogen-bond acceptors (Lipinski definition) is 5. The molecule has 1 aliphatic rings. The minimum atomic E-state index is -0.0720. The molecular weight excluding hydrogens is 364 g/mol. The van der Waals surface area contributed by atoms with Crippen LogP contribution in [0.2, 0.25) is 5.02 Å². The molecule has 27 heavy (non-hydrogen) atoms. The molecule has 6 nitrogen and oxygen atoms in total. The Balaban J connectivity index is 1.99. The number of carbonyl (C=O) groups is 1. The maximum atomic E-state index is 12.2. The fourth-order valence-corrected chi connectivity index (χ4v) is 3.65. The summed E-state index contributed by atoms with van der Waals surface area (Å²) in [7, 11) is 3.45. The molecule has 0 radical (unpaired) electrons. The normalized spacial score (nSPS) is 17.5. The van der Waals surface area contributed by atoms with E-state index in [2.05, 4.69) is 14.9 Å². The van der Waals surface area contributed by atoms with Gasteiger partial charge in [-0.3, -0.25) is 4.79 Å². The van der Waals surface area contributed by atoms with E-state index in [4.69, 9.17) is 16.3 Å². The molecule has 1 aromatic carbocycles. The summed E-state index contributed by atoms with van der Waals surface area (Å²) in [5.74, 6) is 1.55. The summed E-state index contributed by atoms with van der Waals surface area (Å²) in [6.45, 7) is 5.90. The van der Waals surface area contributed by atoms with Crippen molar-refractivity contribution in [2.75, 3.05) is 38.8 Å². The zero-order valence-corrected chi connectivity index (χ0v) is 17.0. The molecule has 1 aromatic heterocycles. The Labute approximate surface area is 165 Å². The van der Waals surface area contributed by atoms with Crippen molar-refractivity contribution in [3.63, 3.8) is 0 Å². The highest BCUT2D eigenvalue weighted by Gasteiger charge is 2.27. The summed E-state index contributed by atoms with van der Waals surface area (Å²) in [5.41, 5.74) is 2.44. The minimum absolute atomic E-state index is 0.0699. The lowest BCUT2D eigenvalue weighted by Gasteiger charge is -2.31. The van der Waals surface area contributed by atoms with Crippen LogP contribution in [0.3, 0.4) is 0 Å². The molecule has 0 aliphatic carbocycles. The second-order valence-corrected chi connectivity index (χ2v) is 7.40. The Kier molecular flexibility index (Phi) is 5.97. The fourth-order valence-electron chi connectivity index (χ4n) is 3.34. The van der Waals surface area contributed by atoms with E-state index in [9.17, 15) is 4.79 Å². The molecular formula is C20H25ClN4O2. The Bertz CT molecular complexity index is 820. The Hall–Kier alpha value is -2.18. The van der Waals surface area contributed by atoms with Crippen molar-refractivity contribution in [3.05, 3.63) is 51.9 Å². The number of aromatic nitrogens is 2. The van der Waals surface area contributed by atoms with Crippen molar-refractivity contribution in [2.45, 2.75) is 26.3 Å². The number of carbonyl (C=O) groups excluding carboxylic acids is 1. The maximum Gasteiger partial charge on any atom is 0.253 e. The number of amides is 1. The van der Waals surface area contributed by atoms with Gasteiger partial charge < -0.3 is 14.5 Å². The predicted molar refractivity (Wildman–Crippen MR) is 106 cm³/mol. The van der Waals surface area contributed by atoms with Crippen LogP contribution in [-0.4, -0.2) is 54.6 Å². The molecule has 0 bridgehead atoms. The van der Waals surface area contributed by atoms with Gasteiger partial charge in [0.25, 0.3) is 5.91 Å². The van der Waals surface area contributed by atoms with Crippen LogP contribution in [0.4, 0.5) is 5.82 Å². The first-order valence-corrected chi connectivity index (χ1v) is 9.42. The lowest BCUT2D eigenvalue weighted by Crippen LogP contribution is -2.32. The third-order valence-corrected chi connectivity index (χ3v) is 4.93. The summed E-state index contributed by atoms with van der Waals surface area (Å²) < 4.78 is 5.83. The van der Waals surface area contributed by atoms with E-state index in [-0.39, 0.29) is 11.9 Å². The fraction of sp³-hybridized carbons (Fsp3) is 0.450. The number of ether oxygens (including phenoxy) is 1. The number of nitrogens with zero attached hydrogens (tertiary/aromatic N) is 4. The smallest absolute Gasteiger partial charge is 0.253 e. The average molecular weight is 389 g/mol. The van der Waals surface area contributed by atoms with Crippen molar-refractivity contribution in [1.29, 1.82) is 0 Å².